The molecule has 126 valence electrons. The third-order valence-corrected chi connectivity index (χ3v) is 5.30. The Labute approximate surface area is 151 Å². The summed E-state index contributed by atoms with van der Waals surface area (Å²) < 4.78 is 1.00. The number of anilines is 2. The van der Waals surface area contributed by atoms with Crippen molar-refractivity contribution in [1.29, 1.82) is 0 Å². The van der Waals surface area contributed by atoms with E-state index in [1.54, 1.807) is 0 Å². The molecule has 1 N–H and O–H groups in total. The highest BCUT2D eigenvalue weighted by Crippen LogP contribution is 2.22. The third kappa shape index (κ3) is 3.73. The van der Waals surface area contributed by atoms with Crippen LogP contribution in [0.1, 0.15) is 11.1 Å². The summed E-state index contributed by atoms with van der Waals surface area (Å²) in [5, 5.41) is 2.98. The lowest BCUT2D eigenvalue weighted by atomic mass is 10.1. The second kappa shape index (κ2) is 7.26. The number of piperazine rings is 1. The Balaban J connectivity index is 1.59. The average Bonchev–Trinajstić information content (AvgIpc) is 2.59. The van der Waals surface area contributed by atoms with Crippen LogP contribution < -0.4 is 10.2 Å². The van der Waals surface area contributed by atoms with Gasteiger partial charge in [0, 0.05) is 42.0 Å². The van der Waals surface area contributed by atoms with Crippen molar-refractivity contribution >= 4 is 33.3 Å². The van der Waals surface area contributed by atoms with Crippen LogP contribution in [0.5, 0.6) is 0 Å². The third-order valence-electron chi connectivity index (χ3n) is 4.45. The lowest BCUT2D eigenvalue weighted by Gasteiger charge is -2.36. The maximum Gasteiger partial charge on any atom is 0.321 e. The minimum atomic E-state index is -0.0322. The zero-order valence-corrected chi connectivity index (χ0v) is 15.6. The molecule has 0 spiro atoms. The smallest absolute Gasteiger partial charge is 0.321 e. The second-order valence-electron chi connectivity index (χ2n) is 6.15. The number of rotatable bonds is 2. The zero-order valence-electron chi connectivity index (χ0n) is 14.1. The Kier molecular flexibility index (Phi) is 5.09. The van der Waals surface area contributed by atoms with Crippen LogP contribution in [0.4, 0.5) is 16.2 Å². The molecule has 0 radical (unpaired) electrons. The van der Waals surface area contributed by atoms with Crippen LogP contribution in [0.2, 0.25) is 0 Å². The molecule has 1 aliphatic rings. The van der Waals surface area contributed by atoms with Crippen molar-refractivity contribution in [1.82, 2.24) is 4.90 Å². The van der Waals surface area contributed by atoms with Gasteiger partial charge in [0.25, 0.3) is 0 Å². The summed E-state index contributed by atoms with van der Waals surface area (Å²) in [7, 11) is 0. The van der Waals surface area contributed by atoms with Crippen LogP contribution in [0.3, 0.4) is 0 Å². The Morgan fingerprint density at radius 3 is 2.38 bits per heavy atom. The van der Waals surface area contributed by atoms with Crippen molar-refractivity contribution in [2.45, 2.75) is 13.8 Å². The number of carbonyl (C=O) groups is 1. The first-order chi connectivity index (χ1) is 11.5. The minimum absolute atomic E-state index is 0.0322. The Hall–Kier alpha value is -2.01. The van der Waals surface area contributed by atoms with Crippen LogP contribution in [0, 0.1) is 13.8 Å². The first-order valence-corrected chi connectivity index (χ1v) is 8.96. The number of benzene rings is 2. The summed E-state index contributed by atoms with van der Waals surface area (Å²) in [5.74, 6) is 0. The Morgan fingerprint density at radius 2 is 1.71 bits per heavy atom. The molecule has 0 aromatic heterocycles. The number of para-hydroxylation sites is 1. The van der Waals surface area contributed by atoms with Gasteiger partial charge in [-0.05, 0) is 43.2 Å². The van der Waals surface area contributed by atoms with Gasteiger partial charge in [-0.15, -0.1) is 0 Å². The molecule has 4 nitrogen and oxygen atoms in total. The largest absolute Gasteiger partial charge is 0.368 e. The molecule has 5 heteroatoms. The number of aryl methyl sites for hydroxylation is 2. The van der Waals surface area contributed by atoms with Crippen LogP contribution >= 0.6 is 15.9 Å². The molecule has 1 aliphatic heterocycles. The highest BCUT2D eigenvalue weighted by Gasteiger charge is 2.22. The van der Waals surface area contributed by atoms with Crippen LogP contribution in [-0.2, 0) is 0 Å². The molecule has 0 atom stereocenters. The number of nitrogens with zero attached hydrogens (tertiary/aromatic N) is 2. The normalized spacial score (nSPS) is 14.6. The zero-order chi connectivity index (χ0) is 17.1. The fraction of sp³-hybridized carbons (Fsp3) is 0.316. The van der Waals surface area contributed by atoms with Gasteiger partial charge in [0.05, 0.1) is 0 Å². The van der Waals surface area contributed by atoms with Gasteiger partial charge in [0.1, 0.15) is 0 Å². The number of urea groups is 1. The lowest BCUT2D eigenvalue weighted by molar-refractivity contribution is 0.208. The summed E-state index contributed by atoms with van der Waals surface area (Å²) in [4.78, 5) is 16.7. The monoisotopic (exact) mass is 387 g/mol. The van der Waals surface area contributed by atoms with Gasteiger partial charge < -0.3 is 15.1 Å². The molecule has 2 amide bonds. The van der Waals surface area contributed by atoms with Gasteiger partial charge in [-0.1, -0.05) is 40.2 Å². The van der Waals surface area contributed by atoms with Crippen LogP contribution in [0.25, 0.3) is 0 Å². The minimum Gasteiger partial charge on any atom is -0.368 e. The van der Waals surface area contributed by atoms with Crippen molar-refractivity contribution < 1.29 is 4.79 Å². The molecule has 24 heavy (non-hydrogen) atoms. The quantitative estimate of drug-likeness (QED) is 0.827. The highest BCUT2D eigenvalue weighted by molar-refractivity contribution is 9.10. The molecular formula is C19H22BrN3O. The van der Waals surface area contributed by atoms with Crippen molar-refractivity contribution in [3.63, 3.8) is 0 Å². The molecule has 1 heterocycles. The molecule has 2 aromatic rings. The SMILES string of the molecule is Cc1ccc(NC(=O)N2CCN(c3ccccc3C)CC2)cc1Br. The van der Waals surface area contributed by atoms with E-state index in [0.717, 1.165) is 41.9 Å². The second-order valence-corrected chi connectivity index (χ2v) is 7.01. The van der Waals surface area contributed by atoms with E-state index in [4.69, 9.17) is 0 Å². The molecule has 0 aliphatic carbocycles. The number of amides is 2. The standard InChI is InChI=1S/C19H22BrN3O/c1-14-7-8-16(13-17(14)20)21-19(24)23-11-9-22(10-12-23)18-6-4-3-5-15(18)2/h3-8,13H,9-12H2,1-2H3,(H,21,24). The van der Waals surface area contributed by atoms with E-state index in [1.165, 1.54) is 11.3 Å². The molecular weight excluding hydrogens is 366 g/mol. The number of hydrogen-bond acceptors (Lipinski definition) is 2. The van der Waals surface area contributed by atoms with E-state index >= 15 is 0 Å². The number of halogens is 1. The summed E-state index contributed by atoms with van der Waals surface area (Å²) >= 11 is 3.50. The summed E-state index contributed by atoms with van der Waals surface area (Å²) in [6.45, 7) is 7.33. The fourth-order valence-electron chi connectivity index (χ4n) is 2.94. The van der Waals surface area contributed by atoms with Crippen molar-refractivity contribution in [3.8, 4) is 0 Å². The van der Waals surface area contributed by atoms with Crippen molar-refractivity contribution in [2.24, 2.45) is 0 Å². The Bertz CT molecular complexity index is 739. The van der Waals surface area contributed by atoms with E-state index in [2.05, 4.69) is 57.3 Å². The van der Waals surface area contributed by atoms with Crippen LogP contribution in [0.15, 0.2) is 46.9 Å². The number of nitrogens with one attached hydrogen (secondary N) is 1. The van der Waals surface area contributed by atoms with E-state index < -0.39 is 0 Å². The molecule has 3 rings (SSSR count). The maximum atomic E-state index is 12.5. The molecule has 1 saturated heterocycles. The molecule has 0 unspecified atom stereocenters. The Morgan fingerprint density at radius 1 is 1.00 bits per heavy atom. The lowest BCUT2D eigenvalue weighted by Crippen LogP contribution is -2.50. The van der Waals surface area contributed by atoms with Crippen molar-refractivity contribution in [2.75, 3.05) is 36.4 Å². The molecule has 0 saturated carbocycles. The summed E-state index contributed by atoms with van der Waals surface area (Å²) in [5.41, 5.74) is 4.51. The van der Waals surface area contributed by atoms with E-state index in [-0.39, 0.29) is 6.03 Å². The predicted molar refractivity (Wildman–Crippen MR) is 103 cm³/mol. The van der Waals surface area contributed by atoms with E-state index in [1.807, 2.05) is 30.0 Å². The molecule has 1 fully saturated rings. The van der Waals surface area contributed by atoms with Crippen LogP contribution in [-0.4, -0.2) is 37.1 Å². The first kappa shape index (κ1) is 16.8. The highest BCUT2D eigenvalue weighted by atomic mass is 79.9. The summed E-state index contributed by atoms with van der Waals surface area (Å²) in [6.07, 6.45) is 0. The van der Waals surface area contributed by atoms with Gasteiger partial charge in [-0.25, -0.2) is 4.79 Å². The molecule has 2 aromatic carbocycles. The average molecular weight is 388 g/mol. The van der Waals surface area contributed by atoms with E-state index in [9.17, 15) is 4.79 Å². The van der Waals surface area contributed by atoms with Gasteiger partial charge in [0.15, 0.2) is 0 Å². The molecule has 0 bridgehead atoms. The number of carbonyl (C=O) groups excluding carboxylic acids is 1. The predicted octanol–water partition coefficient (Wildman–Crippen LogP) is 4.42. The summed E-state index contributed by atoms with van der Waals surface area (Å²) in [6, 6.07) is 14.2. The van der Waals surface area contributed by atoms with Gasteiger partial charge in [-0.2, -0.15) is 0 Å². The van der Waals surface area contributed by atoms with Gasteiger partial charge in [0.2, 0.25) is 0 Å². The fourth-order valence-corrected chi connectivity index (χ4v) is 3.32. The van der Waals surface area contributed by atoms with Gasteiger partial charge >= 0.3 is 6.03 Å². The first-order valence-electron chi connectivity index (χ1n) is 8.17. The maximum absolute atomic E-state index is 12.5. The van der Waals surface area contributed by atoms with Gasteiger partial charge in [-0.3, -0.25) is 0 Å². The van der Waals surface area contributed by atoms with E-state index in [0.29, 0.717) is 0 Å². The number of hydrogen-bond donors (Lipinski definition) is 1. The van der Waals surface area contributed by atoms with Crippen molar-refractivity contribution in [3.05, 3.63) is 58.1 Å². The topological polar surface area (TPSA) is 35.6 Å².